The fourth-order valence-corrected chi connectivity index (χ4v) is 4.13. The molecule has 2 amide bonds. The van der Waals surface area contributed by atoms with E-state index in [9.17, 15) is 9.59 Å². The van der Waals surface area contributed by atoms with Crippen molar-refractivity contribution in [2.24, 2.45) is 11.8 Å². The molecule has 0 heterocycles. The Morgan fingerprint density at radius 2 is 1.64 bits per heavy atom. The van der Waals surface area contributed by atoms with Gasteiger partial charge in [-0.3, -0.25) is 9.59 Å². The van der Waals surface area contributed by atoms with E-state index >= 15 is 0 Å². The number of halogens is 1. The Bertz CT molecular complexity index is 405. The molecule has 5 nitrogen and oxygen atoms in total. The van der Waals surface area contributed by atoms with Crippen molar-refractivity contribution in [2.45, 2.75) is 70.3 Å². The Morgan fingerprint density at radius 3 is 2.24 bits per heavy atom. The summed E-state index contributed by atoms with van der Waals surface area (Å²) in [5.41, 5.74) is 0. The minimum atomic E-state index is 0. The summed E-state index contributed by atoms with van der Waals surface area (Å²) in [6.07, 6.45) is 10.7. The fourth-order valence-electron chi connectivity index (χ4n) is 4.13. The lowest BCUT2D eigenvalue weighted by Gasteiger charge is -2.31. The van der Waals surface area contributed by atoms with Crippen LogP contribution in [-0.2, 0) is 9.59 Å². The maximum Gasteiger partial charge on any atom is 0.225 e. The van der Waals surface area contributed by atoms with Crippen LogP contribution in [0.2, 0.25) is 0 Å². The lowest BCUT2D eigenvalue weighted by Crippen LogP contribution is -2.42. The largest absolute Gasteiger partial charge is 0.353 e. The minimum absolute atomic E-state index is 0. The van der Waals surface area contributed by atoms with Gasteiger partial charge in [-0.15, -0.1) is 12.4 Å². The second-order valence-corrected chi connectivity index (χ2v) is 7.69. The third-order valence-electron chi connectivity index (χ3n) is 5.71. The van der Waals surface area contributed by atoms with Crippen molar-refractivity contribution < 1.29 is 9.59 Å². The Morgan fingerprint density at radius 1 is 1.00 bits per heavy atom. The summed E-state index contributed by atoms with van der Waals surface area (Å²) in [7, 11) is 3.79. The summed E-state index contributed by atoms with van der Waals surface area (Å²) >= 11 is 0. The first-order valence-corrected chi connectivity index (χ1v) is 9.79. The lowest BCUT2D eigenvalue weighted by atomic mass is 9.84. The summed E-state index contributed by atoms with van der Waals surface area (Å²) in [6, 6.07) is 0.271. The third kappa shape index (κ3) is 7.53. The van der Waals surface area contributed by atoms with Gasteiger partial charge in [0.15, 0.2) is 0 Å². The van der Waals surface area contributed by atoms with Crippen LogP contribution in [0.25, 0.3) is 0 Å². The maximum absolute atomic E-state index is 12.4. The standard InChI is InChI=1S/C19H35N3O2.ClH/c1-20-12-13-22(2)19(24)16-8-10-17(11-9-16)21-18(23)14-15-6-4-3-5-7-15;/h15-17,20H,3-14H2,1-2H3,(H,21,23);1H. The molecule has 146 valence electrons. The van der Waals surface area contributed by atoms with Crippen LogP contribution in [-0.4, -0.2) is 49.9 Å². The average molecular weight is 374 g/mol. The van der Waals surface area contributed by atoms with Gasteiger partial charge in [0.2, 0.25) is 11.8 Å². The van der Waals surface area contributed by atoms with Gasteiger partial charge in [-0.1, -0.05) is 19.3 Å². The van der Waals surface area contributed by atoms with Crippen LogP contribution in [0.1, 0.15) is 64.2 Å². The molecule has 6 heteroatoms. The summed E-state index contributed by atoms with van der Waals surface area (Å²) < 4.78 is 0. The van der Waals surface area contributed by atoms with E-state index in [4.69, 9.17) is 0 Å². The van der Waals surface area contributed by atoms with Crippen LogP contribution >= 0.6 is 12.4 Å². The fraction of sp³-hybridized carbons (Fsp3) is 0.895. The van der Waals surface area contributed by atoms with Crippen molar-refractivity contribution >= 4 is 24.2 Å². The number of nitrogens with zero attached hydrogens (tertiary/aromatic N) is 1. The number of nitrogens with one attached hydrogen (secondary N) is 2. The molecule has 0 aromatic rings. The van der Waals surface area contributed by atoms with Crippen LogP contribution in [0, 0.1) is 11.8 Å². The zero-order chi connectivity index (χ0) is 17.4. The van der Waals surface area contributed by atoms with E-state index in [-0.39, 0.29) is 36.2 Å². The van der Waals surface area contributed by atoms with E-state index in [1.807, 2.05) is 19.0 Å². The number of hydrogen-bond donors (Lipinski definition) is 2. The summed E-state index contributed by atoms with van der Waals surface area (Å²) in [6.45, 7) is 1.59. The second kappa shape index (κ2) is 11.7. The van der Waals surface area contributed by atoms with Gasteiger partial charge >= 0.3 is 0 Å². The van der Waals surface area contributed by atoms with Crippen molar-refractivity contribution in [3.05, 3.63) is 0 Å². The highest BCUT2D eigenvalue weighted by atomic mass is 35.5. The van der Waals surface area contributed by atoms with Gasteiger partial charge in [-0.2, -0.15) is 0 Å². The van der Waals surface area contributed by atoms with Gasteiger partial charge in [0, 0.05) is 38.5 Å². The molecule has 0 unspecified atom stereocenters. The van der Waals surface area contributed by atoms with Crippen molar-refractivity contribution in [2.75, 3.05) is 27.2 Å². The number of rotatable bonds is 7. The van der Waals surface area contributed by atoms with Crippen molar-refractivity contribution in [3.8, 4) is 0 Å². The van der Waals surface area contributed by atoms with Crippen LogP contribution in [0.4, 0.5) is 0 Å². The SMILES string of the molecule is CNCCN(C)C(=O)C1CCC(NC(=O)CC2CCCCC2)CC1.Cl. The highest BCUT2D eigenvalue weighted by Crippen LogP contribution is 2.28. The molecule has 2 rings (SSSR count). The van der Waals surface area contributed by atoms with Crippen molar-refractivity contribution in [3.63, 3.8) is 0 Å². The van der Waals surface area contributed by atoms with Gasteiger partial charge in [-0.25, -0.2) is 0 Å². The topological polar surface area (TPSA) is 61.4 Å². The Hall–Kier alpha value is -0.810. The molecule has 2 aliphatic carbocycles. The molecule has 0 radical (unpaired) electrons. The maximum atomic E-state index is 12.4. The molecule has 0 saturated heterocycles. The first-order chi connectivity index (χ1) is 11.6. The minimum Gasteiger partial charge on any atom is -0.353 e. The van der Waals surface area contributed by atoms with E-state index in [0.29, 0.717) is 12.3 Å². The molecule has 25 heavy (non-hydrogen) atoms. The zero-order valence-electron chi connectivity index (χ0n) is 15.9. The summed E-state index contributed by atoms with van der Waals surface area (Å²) in [5.74, 6) is 1.22. The van der Waals surface area contributed by atoms with E-state index in [1.165, 1.54) is 32.1 Å². The monoisotopic (exact) mass is 373 g/mol. The first-order valence-electron chi connectivity index (χ1n) is 9.79. The summed E-state index contributed by atoms with van der Waals surface area (Å²) in [5, 5.41) is 6.29. The Kier molecular flexibility index (Phi) is 10.4. The van der Waals surface area contributed by atoms with Crippen LogP contribution in [0.5, 0.6) is 0 Å². The number of carbonyl (C=O) groups excluding carboxylic acids is 2. The predicted molar refractivity (Wildman–Crippen MR) is 104 cm³/mol. The molecule has 2 saturated carbocycles. The molecule has 0 atom stereocenters. The molecule has 2 aliphatic rings. The normalized spacial score (nSPS) is 24.2. The van der Waals surface area contributed by atoms with Crippen LogP contribution in [0.15, 0.2) is 0 Å². The zero-order valence-corrected chi connectivity index (χ0v) is 16.7. The summed E-state index contributed by atoms with van der Waals surface area (Å²) in [4.78, 5) is 26.5. The average Bonchev–Trinajstić information content (AvgIpc) is 2.60. The first kappa shape index (κ1) is 22.2. The van der Waals surface area contributed by atoms with E-state index in [2.05, 4.69) is 10.6 Å². The molecular formula is C19H36ClN3O2. The lowest BCUT2D eigenvalue weighted by molar-refractivity contribution is -0.135. The van der Waals surface area contributed by atoms with E-state index in [0.717, 1.165) is 38.8 Å². The molecule has 0 spiro atoms. The number of hydrogen-bond acceptors (Lipinski definition) is 3. The second-order valence-electron chi connectivity index (χ2n) is 7.69. The number of amides is 2. The van der Waals surface area contributed by atoms with Gasteiger partial charge in [-0.05, 0) is 51.5 Å². The predicted octanol–water partition coefficient (Wildman–Crippen LogP) is 2.73. The third-order valence-corrected chi connectivity index (χ3v) is 5.71. The van der Waals surface area contributed by atoms with Crippen molar-refractivity contribution in [1.29, 1.82) is 0 Å². The quantitative estimate of drug-likeness (QED) is 0.721. The van der Waals surface area contributed by atoms with Gasteiger partial charge in [0.25, 0.3) is 0 Å². The molecule has 0 aromatic carbocycles. The van der Waals surface area contributed by atoms with Crippen LogP contribution in [0.3, 0.4) is 0 Å². The highest BCUT2D eigenvalue weighted by Gasteiger charge is 2.29. The van der Waals surface area contributed by atoms with Crippen molar-refractivity contribution in [1.82, 2.24) is 15.5 Å². The van der Waals surface area contributed by atoms with E-state index < -0.39 is 0 Å². The molecule has 2 fully saturated rings. The molecular weight excluding hydrogens is 338 g/mol. The van der Waals surface area contributed by atoms with Crippen LogP contribution < -0.4 is 10.6 Å². The molecule has 0 bridgehead atoms. The van der Waals surface area contributed by atoms with Gasteiger partial charge < -0.3 is 15.5 Å². The van der Waals surface area contributed by atoms with E-state index in [1.54, 1.807) is 0 Å². The Balaban J connectivity index is 0.00000312. The number of carbonyl (C=O) groups is 2. The highest BCUT2D eigenvalue weighted by molar-refractivity contribution is 5.85. The van der Waals surface area contributed by atoms with Gasteiger partial charge in [0.1, 0.15) is 0 Å². The molecule has 2 N–H and O–H groups in total. The number of likely N-dealkylation sites (N-methyl/N-ethyl adjacent to an activating group) is 2. The van der Waals surface area contributed by atoms with Gasteiger partial charge in [0.05, 0.1) is 0 Å². The Labute approximate surface area is 159 Å². The smallest absolute Gasteiger partial charge is 0.225 e. The molecule has 0 aliphatic heterocycles. The molecule has 0 aromatic heterocycles.